The number of thiophene rings is 1. The second-order valence-corrected chi connectivity index (χ2v) is 12.6. The van der Waals surface area contributed by atoms with Crippen LogP contribution in [0.25, 0.3) is 10.1 Å². The van der Waals surface area contributed by atoms with Gasteiger partial charge in [0.2, 0.25) is 0 Å². The second-order valence-electron chi connectivity index (χ2n) is 8.50. The van der Waals surface area contributed by atoms with Gasteiger partial charge < -0.3 is 4.90 Å². The third-order valence-electron chi connectivity index (χ3n) is 6.46. The number of sulfonamides is 1. The topological polar surface area (TPSA) is 40.6 Å². The molecule has 2 heterocycles. The molecule has 2 aromatic carbocycles. The Balaban J connectivity index is 1.54. The Morgan fingerprint density at radius 3 is 2.35 bits per heavy atom. The summed E-state index contributed by atoms with van der Waals surface area (Å²) in [4.78, 5) is 2.72. The van der Waals surface area contributed by atoms with Gasteiger partial charge in [-0.05, 0) is 73.9 Å². The van der Waals surface area contributed by atoms with Crippen molar-refractivity contribution in [1.82, 2.24) is 0 Å². The van der Waals surface area contributed by atoms with Gasteiger partial charge in [0.05, 0.1) is 4.90 Å². The van der Waals surface area contributed by atoms with Crippen LogP contribution in [0, 0.1) is 12.8 Å². The lowest BCUT2D eigenvalue weighted by atomic mass is 10.1. The smallest absolute Gasteiger partial charge is 0.265 e. The van der Waals surface area contributed by atoms with Gasteiger partial charge in [-0.1, -0.05) is 18.2 Å². The van der Waals surface area contributed by atoms with Gasteiger partial charge in [0.15, 0.2) is 0 Å². The van der Waals surface area contributed by atoms with E-state index in [0.29, 0.717) is 10.8 Å². The van der Waals surface area contributed by atoms with Crippen LogP contribution in [-0.4, -0.2) is 39.1 Å². The van der Waals surface area contributed by atoms with Crippen LogP contribution in [0.3, 0.4) is 0 Å². The number of fused-ring (bicyclic) bond motifs is 1. The molecule has 4 nitrogen and oxygen atoms in total. The summed E-state index contributed by atoms with van der Waals surface area (Å²) in [5.41, 5.74) is 2.16. The molecule has 31 heavy (non-hydrogen) atoms. The molecule has 164 valence electrons. The highest BCUT2D eigenvalue weighted by Gasteiger charge is 2.40. The van der Waals surface area contributed by atoms with E-state index in [2.05, 4.69) is 24.0 Å². The second kappa shape index (κ2) is 8.34. The van der Waals surface area contributed by atoms with Crippen molar-refractivity contribution >= 4 is 53.9 Å². The fourth-order valence-corrected chi connectivity index (χ4v) is 8.61. The van der Waals surface area contributed by atoms with E-state index in [4.69, 9.17) is 0 Å². The van der Waals surface area contributed by atoms with Crippen molar-refractivity contribution in [3.05, 3.63) is 54.1 Å². The zero-order valence-corrected chi connectivity index (χ0v) is 20.4. The fourth-order valence-electron chi connectivity index (χ4n) is 4.42. The first-order valence-electron chi connectivity index (χ1n) is 10.9. The lowest BCUT2D eigenvalue weighted by molar-refractivity contribution is 0.567. The number of rotatable bonds is 6. The first kappa shape index (κ1) is 21.2. The molecule has 1 aliphatic heterocycles. The molecular formula is C24H28N2O2S3. The van der Waals surface area contributed by atoms with Crippen molar-refractivity contribution in [3.63, 3.8) is 0 Å². The average molecular weight is 473 g/mol. The number of benzene rings is 2. The van der Waals surface area contributed by atoms with Crippen molar-refractivity contribution in [1.29, 1.82) is 0 Å². The predicted octanol–water partition coefficient (Wildman–Crippen LogP) is 5.76. The van der Waals surface area contributed by atoms with Crippen LogP contribution in [0.4, 0.5) is 10.7 Å². The minimum atomic E-state index is -3.65. The van der Waals surface area contributed by atoms with Gasteiger partial charge in [-0.2, -0.15) is 11.8 Å². The summed E-state index contributed by atoms with van der Waals surface area (Å²) in [5.74, 6) is 2.68. The molecule has 0 N–H and O–H groups in total. The van der Waals surface area contributed by atoms with Gasteiger partial charge >= 0.3 is 0 Å². The Bertz CT molecular complexity index is 1180. The Morgan fingerprint density at radius 1 is 1.03 bits per heavy atom. The standard InChI is InChI=1S/C24H28N2O2S3/c1-17-22-5-3-4-6-23(22)30-24(17)26(18(2)19-7-8-19)31(27,28)21-11-9-20(10-12-21)25-13-15-29-16-14-25/h3-6,9-12,18-19H,7-8,13-16H2,1-2H3. The van der Waals surface area contributed by atoms with Crippen LogP contribution < -0.4 is 9.21 Å². The van der Waals surface area contributed by atoms with Gasteiger partial charge in [0.1, 0.15) is 5.00 Å². The minimum Gasteiger partial charge on any atom is -0.370 e. The van der Waals surface area contributed by atoms with Crippen LogP contribution in [0.15, 0.2) is 53.4 Å². The van der Waals surface area contributed by atoms with Crippen molar-refractivity contribution in [2.45, 2.75) is 37.6 Å². The molecule has 1 saturated carbocycles. The largest absolute Gasteiger partial charge is 0.370 e. The number of anilines is 2. The van der Waals surface area contributed by atoms with Crippen LogP contribution >= 0.6 is 23.1 Å². The Kier molecular flexibility index (Phi) is 5.69. The summed E-state index contributed by atoms with van der Waals surface area (Å²) < 4.78 is 30.7. The average Bonchev–Trinajstić information content (AvgIpc) is 3.60. The summed E-state index contributed by atoms with van der Waals surface area (Å²) in [6.45, 7) is 6.15. The van der Waals surface area contributed by atoms with E-state index in [1.807, 2.05) is 43.0 Å². The number of aryl methyl sites for hydroxylation is 1. The predicted molar refractivity (Wildman–Crippen MR) is 134 cm³/mol. The molecule has 7 heteroatoms. The summed E-state index contributed by atoms with van der Waals surface area (Å²) in [5, 5.41) is 2.00. The lowest BCUT2D eigenvalue weighted by Crippen LogP contribution is -2.40. The normalized spacial score (nSPS) is 18.3. The molecule has 1 atom stereocenters. The lowest BCUT2D eigenvalue weighted by Gasteiger charge is -2.31. The number of thioether (sulfide) groups is 1. The highest BCUT2D eigenvalue weighted by Crippen LogP contribution is 2.45. The Labute approximate surface area is 193 Å². The van der Waals surface area contributed by atoms with Crippen molar-refractivity contribution in [2.75, 3.05) is 33.8 Å². The summed E-state index contributed by atoms with van der Waals surface area (Å²) in [6, 6.07) is 15.7. The summed E-state index contributed by atoms with van der Waals surface area (Å²) in [6.07, 6.45) is 2.20. The molecule has 0 spiro atoms. The molecule has 1 aliphatic carbocycles. The Hall–Kier alpha value is -1.70. The van der Waals surface area contributed by atoms with E-state index in [1.165, 1.54) is 0 Å². The van der Waals surface area contributed by atoms with Gasteiger partial charge in [-0.3, -0.25) is 4.31 Å². The van der Waals surface area contributed by atoms with Gasteiger partial charge in [0, 0.05) is 41.0 Å². The van der Waals surface area contributed by atoms with Crippen LogP contribution in [0.2, 0.25) is 0 Å². The van der Waals surface area contributed by atoms with Gasteiger partial charge in [-0.15, -0.1) is 11.3 Å². The van der Waals surface area contributed by atoms with E-state index in [1.54, 1.807) is 27.8 Å². The maximum absolute atomic E-state index is 13.9. The van der Waals surface area contributed by atoms with Gasteiger partial charge in [0.25, 0.3) is 10.0 Å². The zero-order valence-electron chi connectivity index (χ0n) is 18.0. The number of nitrogens with zero attached hydrogens (tertiary/aromatic N) is 2. The zero-order chi connectivity index (χ0) is 21.6. The van der Waals surface area contributed by atoms with Crippen molar-refractivity contribution < 1.29 is 8.42 Å². The molecule has 1 saturated heterocycles. The first-order valence-corrected chi connectivity index (χ1v) is 14.3. The van der Waals surface area contributed by atoms with Crippen molar-refractivity contribution in [3.8, 4) is 0 Å². The van der Waals surface area contributed by atoms with Crippen LogP contribution in [0.1, 0.15) is 25.3 Å². The molecule has 1 unspecified atom stereocenters. The van der Waals surface area contributed by atoms with E-state index in [-0.39, 0.29) is 6.04 Å². The molecule has 2 fully saturated rings. The molecule has 2 aliphatic rings. The maximum Gasteiger partial charge on any atom is 0.265 e. The third kappa shape index (κ3) is 3.96. The molecule has 0 bridgehead atoms. The molecule has 0 radical (unpaired) electrons. The maximum atomic E-state index is 13.9. The molecule has 3 aromatic rings. The fraction of sp³-hybridized carbons (Fsp3) is 0.417. The summed E-state index contributed by atoms with van der Waals surface area (Å²) in [7, 11) is -3.65. The third-order valence-corrected chi connectivity index (χ3v) is 10.7. The van der Waals surface area contributed by atoms with Crippen LogP contribution in [-0.2, 0) is 10.0 Å². The van der Waals surface area contributed by atoms with Crippen LogP contribution in [0.5, 0.6) is 0 Å². The van der Waals surface area contributed by atoms with E-state index in [0.717, 1.165) is 63.8 Å². The monoisotopic (exact) mass is 472 g/mol. The highest BCUT2D eigenvalue weighted by molar-refractivity contribution is 7.99. The number of hydrogen-bond acceptors (Lipinski definition) is 5. The Morgan fingerprint density at radius 2 is 1.71 bits per heavy atom. The first-order chi connectivity index (χ1) is 15.0. The van der Waals surface area contributed by atoms with Crippen molar-refractivity contribution in [2.24, 2.45) is 5.92 Å². The molecule has 0 amide bonds. The highest BCUT2D eigenvalue weighted by atomic mass is 32.2. The molecule has 5 rings (SSSR count). The van der Waals surface area contributed by atoms with E-state index >= 15 is 0 Å². The quantitative estimate of drug-likeness (QED) is 0.458. The summed E-state index contributed by atoms with van der Waals surface area (Å²) >= 11 is 3.56. The minimum absolute atomic E-state index is 0.0458. The molecule has 1 aromatic heterocycles. The van der Waals surface area contributed by atoms with Gasteiger partial charge in [-0.25, -0.2) is 8.42 Å². The molecular weight excluding hydrogens is 444 g/mol. The SMILES string of the molecule is Cc1c(N(C(C)C2CC2)S(=O)(=O)c2ccc(N3CCSCC3)cc2)sc2ccccc12. The van der Waals surface area contributed by atoms with E-state index < -0.39 is 10.0 Å². The van der Waals surface area contributed by atoms with E-state index in [9.17, 15) is 8.42 Å². The number of hydrogen-bond donors (Lipinski definition) is 0.